The summed E-state index contributed by atoms with van der Waals surface area (Å²) >= 11 is 0. The van der Waals surface area contributed by atoms with Crippen molar-refractivity contribution in [2.45, 2.75) is 26.3 Å². The lowest BCUT2D eigenvalue weighted by Crippen LogP contribution is -2.34. The fourth-order valence-corrected chi connectivity index (χ4v) is 1.54. The molecule has 0 saturated carbocycles. The second kappa shape index (κ2) is 6.91. The average Bonchev–Trinajstić information content (AvgIpc) is 2.32. The second-order valence-electron chi connectivity index (χ2n) is 3.60. The van der Waals surface area contributed by atoms with Gasteiger partial charge in [-0.25, -0.2) is 0 Å². The molecule has 0 spiro atoms. The molecule has 1 atom stereocenters. The summed E-state index contributed by atoms with van der Waals surface area (Å²) in [6, 6.07) is 6.93. The molecule has 2 N–H and O–H groups in total. The van der Waals surface area contributed by atoms with E-state index in [2.05, 4.69) is 0 Å². The molecular formula is C13H19NO3. The van der Waals surface area contributed by atoms with E-state index in [1.54, 1.807) is 6.92 Å². The van der Waals surface area contributed by atoms with Gasteiger partial charge in [0.05, 0.1) is 13.2 Å². The summed E-state index contributed by atoms with van der Waals surface area (Å²) in [4.78, 5) is 11.4. The number of rotatable bonds is 6. The zero-order valence-corrected chi connectivity index (χ0v) is 10.3. The van der Waals surface area contributed by atoms with Gasteiger partial charge in [0, 0.05) is 6.42 Å². The Morgan fingerprint density at radius 3 is 2.65 bits per heavy atom. The summed E-state index contributed by atoms with van der Waals surface area (Å²) in [7, 11) is 0. The summed E-state index contributed by atoms with van der Waals surface area (Å²) in [5.74, 6) is 0.397. The zero-order valence-electron chi connectivity index (χ0n) is 10.3. The van der Waals surface area contributed by atoms with Gasteiger partial charge in [-0.3, -0.25) is 4.79 Å². The van der Waals surface area contributed by atoms with Gasteiger partial charge in [-0.2, -0.15) is 0 Å². The Hall–Kier alpha value is -1.55. The number of nitrogens with two attached hydrogens (primary N) is 1. The van der Waals surface area contributed by atoms with Crippen molar-refractivity contribution in [1.29, 1.82) is 0 Å². The molecule has 0 heterocycles. The molecule has 0 fully saturated rings. The molecule has 0 amide bonds. The first-order chi connectivity index (χ1) is 8.19. The Morgan fingerprint density at radius 1 is 1.29 bits per heavy atom. The van der Waals surface area contributed by atoms with E-state index in [-0.39, 0.29) is 5.97 Å². The van der Waals surface area contributed by atoms with E-state index in [4.69, 9.17) is 15.2 Å². The largest absolute Gasteiger partial charge is 0.494 e. The molecule has 1 rings (SSSR count). The van der Waals surface area contributed by atoms with Crippen LogP contribution in [0.3, 0.4) is 0 Å². The highest BCUT2D eigenvalue weighted by Gasteiger charge is 2.16. The number of carbonyl (C=O) groups excluding carboxylic acids is 1. The first-order valence-electron chi connectivity index (χ1n) is 5.82. The molecule has 0 bridgehead atoms. The van der Waals surface area contributed by atoms with Crippen LogP contribution >= 0.6 is 0 Å². The predicted molar refractivity (Wildman–Crippen MR) is 65.9 cm³/mol. The van der Waals surface area contributed by atoms with Crippen molar-refractivity contribution >= 4 is 5.97 Å². The number of para-hydroxylation sites is 1. The minimum Gasteiger partial charge on any atom is -0.494 e. The normalized spacial score (nSPS) is 11.9. The van der Waals surface area contributed by atoms with Crippen molar-refractivity contribution in [3.05, 3.63) is 29.8 Å². The van der Waals surface area contributed by atoms with Gasteiger partial charge in [0.25, 0.3) is 0 Å². The molecule has 0 aliphatic heterocycles. The maximum Gasteiger partial charge on any atom is 0.323 e. The van der Waals surface area contributed by atoms with Crippen molar-refractivity contribution in [2.75, 3.05) is 13.2 Å². The van der Waals surface area contributed by atoms with Crippen molar-refractivity contribution < 1.29 is 14.3 Å². The molecule has 0 radical (unpaired) electrons. The topological polar surface area (TPSA) is 61.5 Å². The molecule has 1 aromatic carbocycles. The van der Waals surface area contributed by atoms with Gasteiger partial charge >= 0.3 is 5.97 Å². The lowest BCUT2D eigenvalue weighted by atomic mass is 10.1. The van der Waals surface area contributed by atoms with Crippen molar-refractivity contribution in [3.8, 4) is 5.75 Å². The minimum absolute atomic E-state index is 0.347. The lowest BCUT2D eigenvalue weighted by Gasteiger charge is -2.13. The van der Waals surface area contributed by atoms with Crippen molar-refractivity contribution in [3.63, 3.8) is 0 Å². The van der Waals surface area contributed by atoms with E-state index in [0.717, 1.165) is 11.3 Å². The Kier molecular flexibility index (Phi) is 5.49. The fourth-order valence-electron chi connectivity index (χ4n) is 1.54. The van der Waals surface area contributed by atoms with E-state index in [0.29, 0.717) is 19.6 Å². The van der Waals surface area contributed by atoms with Gasteiger partial charge in [-0.1, -0.05) is 18.2 Å². The molecule has 0 saturated heterocycles. The number of carbonyl (C=O) groups is 1. The highest BCUT2D eigenvalue weighted by atomic mass is 16.5. The Balaban J connectivity index is 2.70. The molecule has 0 aliphatic carbocycles. The van der Waals surface area contributed by atoms with E-state index >= 15 is 0 Å². The minimum atomic E-state index is -0.642. The molecule has 4 nitrogen and oxygen atoms in total. The van der Waals surface area contributed by atoms with Gasteiger partial charge in [0.2, 0.25) is 0 Å². The fraction of sp³-hybridized carbons (Fsp3) is 0.462. The van der Waals surface area contributed by atoms with Gasteiger partial charge in [-0.15, -0.1) is 0 Å². The van der Waals surface area contributed by atoms with Gasteiger partial charge < -0.3 is 15.2 Å². The van der Waals surface area contributed by atoms with Crippen LogP contribution in [-0.4, -0.2) is 25.2 Å². The third-order valence-corrected chi connectivity index (χ3v) is 2.30. The third kappa shape index (κ3) is 4.07. The SMILES string of the molecule is CCOC(=O)C(N)Cc1ccccc1OCC. The summed E-state index contributed by atoms with van der Waals surface area (Å²) < 4.78 is 10.3. The van der Waals surface area contributed by atoms with Gasteiger partial charge in [-0.05, 0) is 25.5 Å². The monoisotopic (exact) mass is 237 g/mol. The van der Waals surface area contributed by atoms with Crippen molar-refractivity contribution in [2.24, 2.45) is 5.73 Å². The van der Waals surface area contributed by atoms with Crippen LogP contribution in [0.4, 0.5) is 0 Å². The number of esters is 1. The molecule has 0 aliphatic rings. The Labute approximate surface area is 102 Å². The molecule has 0 aromatic heterocycles. The first kappa shape index (κ1) is 13.5. The third-order valence-electron chi connectivity index (χ3n) is 2.30. The second-order valence-corrected chi connectivity index (χ2v) is 3.60. The maximum atomic E-state index is 11.4. The van der Waals surface area contributed by atoms with E-state index in [1.165, 1.54) is 0 Å². The Bertz CT molecular complexity index is 365. The highest BCUT2D eigenvalue weighted by molar-refractivity contribution is 5.76. The average molecular weight is 237 g/mol. The number of benzene rings is 1. The summed E-state index contributed by atoms with van der Waals surface area (Å²) in [5, 5.41) is 0. The number of hydrogen-bond donors (Lipinski definition) is 1. The maximum absolute atomic E-state index is 11.4. The molecular weight excluding hydrogens is 218 g/mol. The highest BCUT2D eigenvalue weighted by Crippen LogP contribution is 2.19. The zero-order chi connectivity index (χ0) is 12.7. The molecule has 17 heavy (non-hydrogen) atoms. The van der Waals surface area contributed by atoms with Crippen LogP contribution < -0.4 is 10.5 Å². The number of hydrogen-bond acceptors (Lipinski definition) is 4. The van der Waals surface area contributed by atoms with E-state index < -0.39 is 6.04 Å². The van der Waals surface area contributed by atoms with E-state index in [1.807, 2.05) is 31.2 Å². The summed E-state index contributed by atoms with van der Waals surface area (Å²) in [5.41, 5.74) is 6.70. The van der Waals surface area contributed by atoms with Gasteiger partial charge in [0.15, 0.2) is 0 Å². The predicted octanol–water partition coefficient (Wildman–Crippen LogP) is 1.52. The quantitative estimate of drug-likeness (QED) is 0.762. The van der Waals surface area contributed by atoms with Crippen LogP contribution in [-0.2, 0) is 16.0 Å². The van der Waals surface area contributed by atoms with Crippen LogP contribution in [0.1, 0.15) is 19.4 Å². The molecule has 1 aromatic rings. The van der Waals surface area contributed by atoms with Crippen LogP contribution in [0, 0.1) is 0 Å². The van der Waals surface area contributed by atoms with Crippen LogP contribution in [0.25, 0.3) is 0 Å². The van der Waals surface area contributed by atoms with Crippen LogP contribution in [0.2, 0.25) is 0 Å². The van der Waals surface area contributed by atoms with E-state index in [9.17, 15) is 4.79 Å². The van der Waals surface area contributed by atoms with Crippen molar-refractivity contribution in [1.82, 2.24) is 0 Å². The number of ether oxygens (including phenoxy) is 2. The van der Waals surface area contributed by atoms with Crippen LogP contribution in [0.15, 0.2) is 24.3 Å². The molecule has 94 valence electrons. The standard InChI is InChI=1S/C13H19NO3/c1-3-16-12-8-6-5-7-10(12)9-11(14)13(15)17-4-2/h5-8,11H,3-4,9,14H2,1-2H3. The van der Waals surface area contributed by atoms with Gasteiger partial charge in [0.1, 0.15) is 11.8 Å². The smallest absolute Gasteiger partial charge is 0.323 e. The van der Waals surface area contributed by atoms with Crippen LogP contribution in [0.5, 0.6) is 5.75 Å². The molecule has 1 unspecified atom stereocenters. The lowest BCUT2D eigenvalue weighted by molar-refractivity contribution is -0.144. The Morgan fingerprint density at radius 2 is 2.00 bits per heavy atom. The molecule has 4 heteroatoms. The summed E-state index contributed by atoms with van der Waals surface area (Å²) in [6.07, 6.45) is 0.426. The summed E-state index contributed by atoms with van der Waals surface area (Å²) in [6.45, 7) is 4.62. The first-order valence-corrected chi connectivity index (χ1v) is 5.82.